The lowest BCUT2D eigenvalue weighted by molar-refractivity contribution is 0.624. The highest BCUT2D eigenvalue weighted by atomic mass is 19.1. The first-order valence-corrected chi connectivity index (χ1v) is 5.99. The van der Waals surface area contributed by atoms with Gasteiger partial charge in [0.2, 0.25) is 0 Å². The minimum Gasteiger partial charge on any atom is -0.237 e. The van der Waals surface area contributed by atoms with Crippen LogP contribution < -0.4 is 0 Å². The number of rotatable bonds is 3. The summed E-state index contributed by atoms with van der Waals surface area (Å²) in [6, 6.07) is 10.4. The lowest BCUT2D eigenvalue weighted by Crippen LogP contribution is -2.01. The van der Waals surface area contributed by atoms with E-state index in [2.05, 4.69) is 11.2 Å². The van der Waals surface area contributed by atoms with Crippen LogP contribution in [0.5, 0.6) is 0 Å². The summed E-state index contributed by atoms with van der Waals surface area (Å²) < 4.78 is 15.0. The maximum absolute atomic E-state index is 13.3. The highest BCUT2D eigenvalue weighted by Gasteiger charge is 2.28. The van der Waals surface area contributed by atoms with E-state index < -0.39 is 0 Å². The standard InChI is InChI=1S/C14H12FN3/c15-11-2-1-3-13(8-11)18-14(10-4-5-10)9-12(17-18)6-7-16/h1-3,8-10H,4-6H2. The maximum Gasteiger partial charge on any atom is 0.125 e. The first-order chi connectivity index (χ1) is 8.78. The van der Waals surface area contributed by atoms with Gasteiger partial charge < -0.3 is 0 Å². The minimum absolute atomic E-state index is 0.272. The molecule has 1 aromatic carbocycles. The Bertz CT molecular complexity index is 620. The monoisotopic (exact) mass is 241 g/mol. The van der Waals surface area contributed by atoms with Gasteiger partial charge in [0.05, 0.1) is 23.9 Å². The second-order valence-corrected chi connectivity index (χ2v) is 4.56. The second kappa shape index (κ2) is 4.26. The summed E-state index contributed by atoms with van der Waals surface area (Å²) in [4.78, 5) is 0. The Morgan fingerprint density at radius 2 is 2.22 bits per heavy atom. The fourth-order valence-corrected chi connectivity index (χ4v) is 2.10. The lowest BCUT2D eigenvalue weighted by Gasteiger charge is -2.06. The van der Waals surface area contributed by atoms with Crippen LogP contribution in [0.1, 0.15) is 30.1 Å². The molecule has 3 rings (SSSR count). The van der Waals surface area contributed by atoms with Gasteiger partial charge in [-0.2, -0.15) is 10.4 Å². The first-order valence-electron chi connectivity index (χ1n) is 5.99. The van der Waals surface area contributed by atoms with E-state index in [1.54, 1.807) is 10.7 Å². The summed E-state index contributed by atoms with van der Waals surface area (Å²) >= 11 is 0. The molecule has 0 N–H and O–H groups in total. The van der Waals surface area contributed by atoms with Crippen molar-refractivity contribution in [3.63, 3.8) is 0 Å². The maximum atomic E-state index is 13.3. The van der Waals surface area contributed by atoms with Crippen molar-refractivity contribution in [1.82, 2.24) is 9.78 Å². The van der Waals surface area contributed by atoms with Crippen molar-refractivity contribution in [3.05, 3.63) is 47.5 Å². The molecule has 1 fully saturated rings. The van der Waals surface area contributed by atoms with Crippen LogP contribution in [0.4, 0.5) is 4.39 Å². The van der Waals surface area contributed by atoms with Gasteiger partial charge >= 0.3 is 0 Å². The van der Waals surface area contributed by atoms with Gasteiger partial charge in [0.1, 0.15) is 5.82 Å². The molecule has 0 radical (unpaired) electrons. The number of nitriles is 1. The van der Waals surface area contributed by atoms with Crippen LogP contribution in [0.2, 0.25) is 0 Å². The van der Waals surface area contributed by atoms with Gasteiger partial charge in [0, 0.05) is 11.6 Å². The molecule has 0 atom stereocenters. The van der Waals surface area contributed by atoms with E-state index in [0.29, 0.717) is 12.3 Å². The van der Waals surface area contributed by atoms with Crippen LogP contribution in [-0.4, -0.2) is 9.78 Å². The van der Waals surface area contributed by atoms with Crippen LogP contribution >= 0.6 is 0 Å². The van der Waals surface area contributed by atoms with Crippen molar-refractivity contribution >= 4 is 0 Å². The smallest absolute Gasteiger partial charge is 0.125 e. The molecule has 0 amide bonds. The van der Waals surface area contributed by atoms with E-state index in [4.69, 9.17) is 5.26 Å². The Kier molecular flexibility index (Phi) is 2.60. The van der Waals surface area contributed by atoms with E-state index in [1.807, 2.05) is 12.1 Å². The topological polar surface area (TPSA) is 41.6 Å². The molecule has 1 aliphatic rings. The van der Waals surface area contributed by atoms with E-state index in [9.17, 15) is 4.39 Å². The third-order valence-corrected chi connectivity index (χ3v) is 3.10. The van der Waals surface area contributed by atoms with E-state index in [-0.39, 0.29) is 5.82 Å². The SMILES string of the molecule is N#CCc1cc(C2CC2)n(-c2cccc(F)c2)n1. The van der Waals surface area contributed by atoms with Gasteiger partial charge in [-0.15, -0.1) is 0 Å². The molecule has 1 saturated carbocycles. The van der Waals surface area contributed by atoms with E-state index in [1.165, 1.54) is 12.1 Å². The molecule has 2 aromatic rings. The fourth-order valence-electron chi connectivity index (χ4n) is 2.10. The average molecular weight is 241 g/mol. The normalized spacial score (nSPS) is 14.4. The van der Waals surface area contributed by atoms with Crippen LogP contribution in [0.3, 0.4) is 0 Å². The van der Waals surface area contributed by atoms with Gasteiger partial charge in [-0.25, -0.2) is 9.07 Å². The van der Waals surface area contributed by atoms with Crippen molar-refractivity contribution in [1.29, 1.82) is 5.26 Å². The van der Waals surface area contributed by atoms with Gasteiger partial charge in [-0.3, -0.25) is 0 Å². The molecule has 1 aliphatic carbocycles. The molecule has 90 valence electrons. The predicted molar refractivity (Wildman–Crippen MR) is 64.8 cm³/mol. The summed E-state index contributed by atoms with van der Waals surface area (Å²) in [6.45, 7) is 0. The molecule has 0 aliphatic heterocycles. The van der Waals surface area contributed by atoms with Gasteiger partial charge in [0.15, 0.2) is 0 Å². The number of halogens is 1. The number of hydrogen-bond acceptors (Lipinski definition) is 2. The number of nitrogens with zero attached hydrogens (tertiary/aromatic N) is 3. The Morgan fingerprint density at radius 1 is 1.39 bits per heavy atom. The summed E-state index contributed by atoms with van der Waals surface area (Å²) in [5.74, 6) is 0.236. The highest BCUT2D eigenvalue weighted by Crippen LogP contribution is 2.41. The quantitative estimate of drug-likeness (QED) is 0.829. The van der Waals surface area contributed by atoms with Crippen molar-refractivity contribution in [2.75, 3.05) is 0 Å². The third kappa shape index (κ3) is 2.00. The minimum atomic E-state index is -0.272. The Hall–Kier alpha value is -2.15. The third-order valence-electron chi connectivity index (χ3n) is 3.10. The van der Waals surface area contributed by atoms with E-state index in [0.717, 1.165) is 29.9 Å². The molecule has 3 nitrogen and oxygen atoms in total. The number of aromatic nitrogens is 2. The summed E-state index contributed by atoms with van der Waals surface area (Å²) in [6.07, 6.45) is 2.59. The largest absolute Gasteiger partial charge is 0.237 e. The van der Waals surface area contributed by atoms with E-state index >= 15 is 0 Å². The van der Waals surface area contributed by atoms with Crippen molar-refractivity contribution < 1.29 is 4.39 Å². The molecule has 1 heterocycles. The molecule has 0 saturated heterocycles. The van der Waals surface area contributed by atoms with Crippen LogP contribution in [0.25, 0.3) is 5.69 Å². The molecule has 1 aromatic heterocycles. The molecular weight excluding hydrogens is 229 g/mol. The Balaban J connectivity index is 2.07. The zero-order chi connectivity index (χ0) is 12.5. The zero-order valence-corrected chi connectivity index (χ0v) is 9.81. The molecule has 0 spiro atoms. The molecule has 0 unspecified atom stereocenters. The summed E-state index contributed by atoms with van der Waals surface area (Å²) in [5.41, 5.74) is 2.57. The van der Waals surface area contributed by atoms with Gasteiger partial charge in [0.25, 0.3) is 0 Å². The lowest BCUT2D eigenvalue weighted by atomic mass is 10.2. The van der Waals surface area contributed by atoms with Crippen LogP contribution in [0, 0.1) is 17.1 Å². The molecule has 0 bridgehead atoms. The molecular formula is C14H12FN3. The van der Waals surface area contributed by atoms with Crippen LogP contribution in [0.15, 0.2) is 30.3 Å². The first kappa shape index (κ1) is 11.0. The zero-order valence-electron chi connectivity index (χ0n) is 9.81. The summed E-state index contributed by atoms with van der Waals surface area (Å²) in [5, 5.41) is 13.1. The highest BCUT2D eigenvalue weighted by molar-refractivity contribution is 5.36. The Morgan fingerprint density at radius 3 is 2.89 bits per heavy atom. The van der Waals surface area contributed by atoms with Gasteiger partial charge in [-0.1, -0.05) is 6.07 Å². The molecule has 4 heteroatoms. The van der Waals surface area contributed by atoms with Crippen molar-refractivity contribution in [2.45, 2.75) is 25.2 Å². The number of hydrogen-bond donors (Lipinski definition) is 0. The fraction of sp³-hybridized carbons (Fsp3) is 0.286. The average Bonchev–Trinajstić information content (AvgIpc) is 3.11. The predicted octanol–water partition coefficient (Wildman–Crippen LogP) is 2.95. The second-order valence-electron chi connectivity index (χ2n) is 4.56. The summed E-state index contributed by atoms with van der Waals surface area (Å²) in [7, 11) is 0. The van der Waals surface area contributed by atoms with Crippen molar-refractivity contribution in [2.24, 2.45) is 0 Å². The van der Waals surface area contributed by atoms with Gasteiger partial charge in [-0.05, 0) is 37.1 Å². The number of benzene rings is 1. The Labute approximate surface area is 104 Å². The molecule has 18 heavy (non-hydrogen) atoms. The van der Waals surface area contributed by atoms with Crippen molar-refractivity contribution in [3.8, 4) is 11.8 Å². The van der Waals surface area contributed by atoms with Crippen LogP contribution in [-0.2, 0) is 6.42 Å².